The Bertz CT molecular complexity index is 810. The van der Waals surface area contributed by atoms with Gasteiger partial charge in [0.1, 0.15) is 17.6 Å². The summed E-state index contributed by atoms with van der Waals surface area (Å²) < 4.78 is 18.4. The van der Waals surface area contributed by atoms with E-state index in [4.69, 9.17) is 27.9 Å². The Hall–Kier alpha value is -2.31. The fourth-order valence-corrected chi connectivity index (χ4v) is 3.03. The Morgan fingerprint density at radius 2 is 1.75 bits per heavy atom. The first kappa shape index (κ1) is 22.0. The highest BCUT2D eigenvalue weighted by Gasteiger charge is 2.27. The van der Waals surface area contributed by atoms with Crippen molar-refractivity contribution in [3.63, 3.8) is 0 Å². The van der Waals surface area contributed by atoms with Crippen LogP contribution < -0.4 is 10.1 Å². The van der Waals surface area contributed by atoms with E-state index in [1.807, 2.05) is 0 Å². The second-order valence-electron chi connectivity index (χ2n) is 6.04. The van der Waals surface area contributed by atoms with Crippen LogP contribution in [0, 0.1) is 5.82 Å². The molecule has 150 valence electrons. The van der Waals surface area contributed by atoms with Crippen LogP contribution in [0.3, 0.4) is 0 Å². The molecule has 0 fully saturated rings. The minimum atomic E-state index is -0.767. The SMILES string of the molecule is CCNC(=O)[C@@H](C)N(Cc1c(Cl)cccc1Cl)C(=O)COc1ccc(F)cc1. The summed E-state index contributed by atoms with van der Waals surface area (Å²) in [7, 11) is 0. The van der Waals surface area contributed by atoms with E-state index < -0.39 is 17.8 Å². The van der Waals surface area contributed by atoms with Crippen molar-refractivity contribution in [1.82, 2.24) is 10.2 Å². The summed E-state index contributed by atoms with van der Waals surface area (Å²) in [4.78, 5) is 26.5. The number of carbonyl (C=O) groups is 2. The Kier molecular flexibility index (Phi) is 8.08. The lowest BCUT2D eigenvalue weighted by atomic mass is 10.1. The molecule has 1 N–H and O–H groups in total. The number of rotatable bonds is 8. The van der Waals surface area contributed by atoms with Crippen molar-refractivity contribution in [1.29, 1.82) is 0 Å². The zero-order valence-corrected chi connectivity index (χ0v) is 17.1. The predicted octanol–water partition coefficient (Wildman–Crippen LogP) is 4.06. The van der Waals surface area contributed by atoms with Gasteiger partial charge in [-0.2, -0.15) is 0 Å². The lowest BCUT2D eigenvalue weighted by Crippen LogP contribution is -2.49. The highest BCUT2D eigenvalue weighted by molar-refractivity contribution is 6.36. The van der Waals surface area contributed by atoms with Crippen LogP contribution in [-0.4, -0.2) is 35.9 Å². The average molecular weight is 427 g/mol. The van der Waals surface area contributed by atoms with E-state index in [-0.39, 0.29) is 19.1 Å². The molecule has 0 spiro atoms. The van der Waals surface area contributed by atoms with Gasteiger partial charge in [0.15, 0.2) is 6.61 Å². The number of nitrogens with zero attached hydrogens (tertiary/aromatic N) is 1. The largest absolute Gasteiger partial charge is 0.484 e. The molecule has 0 heterocycles. The Balaban J connectivity index is 2.20. The van der Waals surface area contributed by atoms with Gasteiger partial charge in [0.05, 0.1) is 0 Å². The van der Waals surface area contributed by atoms with Gasteiger partial charge in [-0.15, -0.1) is 0 Å². The van der Waals surface area contributed by atoms with Crippen LogP contribution in [-0.2, 0) is 16.1 Å². The molecule has 0 aliphatic rings. The maximum atomic E-state index is 13.0. The van der Waals surface area contributed by atoms with Gasteiger partial charge in [0.2, 0.25) is 5.91 Å². The van der Waals surface area contributed by atoms with Crippen molar-refractivity contribution in [3.8, 4) is 5.75 Å². The maximum absolute atomic E-state index is 13.0. The van der Waals surface area contributed by atoms with Crippen molar-refractivity contribution in [2.45, 2.75) is 26.4 Å². The van der Waals surface area contributed by atoms with Gasteiger partial charge in [0, 0.05) is 28.7 Å². The molecule has 0 bridgehead atoms. The van der Waals surface area contributed by atoms with Crippen LogP contribution in [0.1, 0.15) is 19.4 Å². The van der Waals surface area contributed by atoms with E-state index in [2.05, 4.69) is 5.32 Å². The van der Waals surface area contributed by atoms with Crippen LogP contribution in [0.4, 0.5) is 4.39 Å². The number of carbonyl (C=O) groups excluding carboxylic acids is 2. The first-order valence-corrected chi connectivity index (χ1v) is 9.47. The predicted molar refractivity (Wildman–Crippen MR) is 107 cm³/mol. The normalized spacial score (nSPS) is 11.6. The monoisotopic (exact) mass is 426 g/mol. The fourth-order valence-electron chi connectivity index (χ4n) is 2.52. The van der Waals surface area contributed by atoms with E-state index in [9.17, 15) is 14.0 Å². The topological polar surface area (TPSA) is 58.6 Å². The third-order valence-electron chi connectivity index (χ3n) is 4.08. The molecule has 8 heteroatoms. The van der Waals surface area contributed by atoms with E-state index in [0.717, 1.165) is 0 Å². The molecule has 0 saturated heterocycles. The fraction of sp³-hybridized carbons (Fsp3) is 0.300. The van der Waals surface area contributed by atoms with E-state index >= 15 is 0 Å². The van der Waals surface area contributed by atoms with Crippen molar-refractivity contribution < 1.29 is 18.7 Å². The second kappa shape index (κ2) is 10.3. The molecule has 5 nitrogen and oxygen atoms in total. The van der Waals surface area contributed by atoms with Gasteiger partial charge in [-0.05, 0) is 50.2 Å². The Morgan fingerprint density at radius 1 is 1.14 bits per heavy atom. The molecule has 0 unspecified atom stereocenters. The maximum Gasteiger partial charge on any atom is 0.261 e. The summed E-state index contributed by atoms with van der Waals surface area (Å²) in [6.45, 7) is 3.56. The number of benzene rings is 2. The highest BCUT2D eigenvalue weighted by atomic mass is 35.5. The summed E-state index contributed by atoms with van der Waals surface area (Å²) in [5, 5.41) is 3.49. The molecule has 2 amide bonds. The van der Waals surface area contributed by atoms with Crippen LogP contribution in [0.2, 0.25) is 10.0 Å². The summed E-state index contributed by atoms with van der Waals surface area (Å²) in [6.07, 6.45) is 0. The smallest absolute Gasteiger partial charge is 0.261 e. The molecule has 2 rings (SSSR count). The highest BCUT2D eigenvalue weighted by Crippen LogP contribution is 2.26. The summed E-state index contributed by atoms with van der Waals surface area (Å²) in [5.74, 6) is -0.797. The number of halogens is 3. The molecular formula is C20H21Cl2FN2O3. The summed E-state index contributed by atoms with van der Waals surface area (Å²) in [6, 6.07) is 9.57. The minimum Gasteiger partial charge on any atom is -0.484 e. The van der Waals surface area contributed by atoms with Gasteiger partial charge in [-0.1, -0.05) is 29.3 Å². The molecule has 2 aromatic rings. The average Bonchev–Trinajstić information content (AvgIpc) is 2.67. The minimum absolute atomic E-state index is 0.0441. The molecule has 0 aliphatic heterocycles. The molecule has 0 aliphatic carbocycles. The van der Waals surface area contributed by atoms with Gasteiger partial charge in [-0.25, -0.2) is 4.39 Å². The van der Waals surface area contributed by atoms with E-state index in [0.29, 0.717) is 27.9 Å². The number of amides is 2. The Labute approximate surface area is 173 Å². The lowest BCUT2D eigenvalue weighted by molar-refractivity contribution is -0.142. The quantitative estimate of drug-likeness (QED) is 0.691. The van der Waals surface area contributed by atoms with Crippen LogP contribution in [0.25, 0.3) is 0 Å². The van der Waals surface area contributed by atoms with Gasteiger partial charge in [0.25, 0.3) is 5.91 Å². The first-order valence-electron chi connectivity index (χ1n) is 8.72. The van der Waals surface area contributed by atoms with Crippen molar-refractivity contribution in [2.24, 2.45) is 0 Å². The third kappa shape index (κ3) is 5.84. The molecule has 2 aromatic carbocycles. The van der Waals surface area contributed by atoms with Gasteiger partial charge >= 0.3 is 0 Å². The molecule has 28 heavy (non-hydrogen) atoms. The van der Waals surface area contributed by atoms with Gasteiger partial charge < -0.3 is 15.0 Å². The zero-order valence-electron chi connectivity index (χ0n) is 15.5. The molecular weight excluding hydrogens is 406 g/mol. The van der Waals surface area contributed by atoms with Crippen molar-refractivity contribution >= 4 is 35.0 Å². The Morgan fingerprint density at radius 3 is 2.32 bits per heavy atom. The lowest BCUT2D eigenvalue weighted by Gasteiger charge is -2.29. The van der Waals surface area contributed by atoms with E-state index in [1.165, 1.54) is 29.2 Å². The molecule has 0 aromatic heterocycles. The van der Waals surface area contributed by atoms with Gasteiger partial charge in [-0.3, -0.25) is 9.59 Å². The van der Waals surface area contributed by atoms with Crippen molar-refractivity contribution in [3.05, 3.63) is 63.9 Å². The standard InChI is InChI=1S/C20H21Cl2FN2O3/c1-3-24-20(27)13(2)25(11-16-17(21)5-4-6-18(16)22)19(26)12-28-15-9-7-14(23)8-10-15/h4-10,13H,3,11-12H2,1-2H3,(H,24,27)/t13-/m1/s1. The summed E-state index contributed by atoms with van der Waals surface area (Å²) >= 11 is 12.4. The molecule has 0 saturated carbocycles. The van der Waals surface area contributed by atoms with Crippen LogP contribution >= 0.6 is 23.2 Å². The van der Waals surface area contributed by atoms with Crippen molar-refractivity contribution in [2.75, 3.05) is 13.2 Å². The molecule has 1 atom stereocenters. The van der Waals surface area contributed by atoms with Crippen LogP contribution in [0.15, 0.2) is 42.5 Å². The number of hydrogen-bond acceptors (Lipinski definition) is 3. The van der Waals surface area contributed by atoms with E-state index in [1.54, 1.807) is 32.0 Å². The first-order chi connectivity index (χ1) is 13.3. The summed E-state index contributed by atoms with van der Waals surface area (Å²) in [5.41, 5.74) is 0.539. The third-order valence-corrected chi connectivity index (χ3v) is 4.79. The number of likely N-dealkylation sites (N-methyl/N-ethyl adjacent to an activating group) is 1. The number of ether oxygens (including phenoxy) is 1. The van der Waals surface area contributed by atoms with Crippen LogP contribution in [0.5, 0.6) is 5.75 Å². The zero-order chi connectivity index (χ0) is 20.7. The second-order valence-corrected chi connectivity index (χ2v) is 6.85. The number of nitrogens with one attached hydrogen (secondary N) is 1. The molecule has 0 radical (unpaired) electrons. The number of hydrogen-bond donors (Lipinski definition) is 1.